The van der Waals surface area contributed by atoms with Gasteiger partial charge in [0, 0.05) is 17.1 Å². The quantitative estimate of drug-likeness (QED) is 0.636. The van der Waals surface area contributed by atoms with E-state index in [0.717, 1.165) is 23.2 Å². The number of hydrogen-bond donors (Lipinski definition) is 0. The van der Waals surface area contributed by atoms with Gasteiger partial charge in [0.1, 0.15) is 0 Å². The molecule has 2 aromatic carbocycles. The topological polar surface area (TPSA) is 36.4 Å². The number of amides is 1. The molecule has 0 N–H and O–H groups in total. The molecule has 0 radical (unpaired) electrons. The van der Waals surface area contributed by atoms with Crippen molar-refractivity contribution in [3.05, 3.63) is 59.1 Å². The minimum Gasteiger partial charge on any atom is -0.309 e. The average molecular weight is 374 g/mol. The third kappa shape index (κ3) is 4.37. The lowest BCUT2D eigenvalue weighted by atomic mass is 10.2. The molecular formula is C19H20ClN3OS. The van der Waals surface area contributed by atoms with E-state index in [1.54, 1.807) is 4.90 Å². The average Bonchev–Trinajstić information content (AvgIpc) is 3.01. The number of halogens is 1. The number of anilines is 1. The van der Waals surface area contributed by atoms with E-state index in [1.165, 1.54) is 11.3 Å². The van der Waals surface area contributed by atoms with Crippen molar-refractivity contribution in [2.45, 2.75) is 6.42 Å². The van der Waals surface area contributed by atoms with Crippen molar-refractivity contribution in [3.63, 3.8) is 0 Å². The molecule has 0 bridgehead atoms. The first-order valence-corrected chi connectivity index (χ1v) is 9.32. The summed E-state index contributed by atoms with van der Waals surface area (Å²) < 4.78 is 0.987. The Morgan fingerprint density at radius 2 is 1.88 bits per heavy atom. The van der Waals surface area contributed by atoms with Crippen LogP contribution in [0, 0.1) is 0 Å². The van der Waals surface area contributed by atoms with Gasteiger partial charge in [0.15, 0.2) is 5.13 Å². The second-order valence-electron chi connectivity index (χ2n) is 6.09. The van der Waals surface area contributed by atoms with E-state index < -0.39 is 0 Å². The molecule has 0 saturated carbocycles. The first kappa shape index (κ1) is 17.9. The second kappa shape index (κ2) is 7.95. The first-order chi connectivity index (χ1) is 12.0. The van der Waals surface area contributed by atoms with Crippen molar-refractivity contribution in [2.24, 2.45) is 0 Å². The zero-order valence-corrected chi connectivity index (χ0v) is 15.8. The van der Waals surface area contributed by atoms with Crippen molar-refractivity contribution in [2.75, 3.05) is 32.1 Å². The maximum Gasteiger partial charge on any atom is 0.260 e. The van der Waals surface area contributed by atoms with Crippen LogP contribution in [0.3, 0.4) is 0 Å². The Morgan fingerprint density at radius 3 is 2.60 bits per heavy atom. The predicted molar refractivity (Wildman–Crippen MR) is 106 cm³/mol. The van der Waals surface area contributed by atoms with Gasteiger partial charge in [-0.3, -0.25) is 9.69 Å². The lowest BCUT2D eigenvalue weighted by molar-refractivity contribution is 0.0986. The standard InChI is InChI=1S/C19H20ClN3OS/c1-22(2)11-6-12-23(18(24)14-7-4-3-5-8-14)19-21-16-10-9-15(20)13-17(16)25-19/h3-5,7-10,13H,6,11-12H2,1-2H3. The van der Waals surface area contributed by atoms with Crippen molar-refractivity contribution in [1.82, 2.24) is 9.88 Å². The van der Waals surface area contributed by atoms with Gasteiger partial charge in [-0.15, -0.1) is 0 Å². The van der Waals surface area contributed by atoms with Crippen molar-refractivity contribution in [1.29, 1.82) is 0 Å². The summed E-state index contributed by atoms with van der Waals surface area (Å²) in [7, 11) is 4.06. The summed E-state index contributed by atoms with van der Waals surface area (Å²) in [6.45, 7) is 1.54. The minimum atomic E-state index is -0.0236. The number of fused-ring (bicyclic) bond motifs is 1. The van der Waals surface area contributed by atoms with E-state index in [0.29, 0.717) is 22.3 Å². The zero-order valence-electron chi connectivity index (χ0n) is 14.3. The van der Waals surface area contributed by atoms with E-state index in [2.05, 4.69) is 9.88 Å². The second-order valence-corrected chi connectivity index (χ2v) is 7.53. The van der Waals surface area contributed by atoms with Crippen LogP contribution in [0.5, 0.6) is 0 Å². The van der Waals surface area contributed by atoms with Crippen LogP contribution in [0.1, 0.15) is 16.8 Å². The fourth-order valence-corrected chi connectivity index (χ4v) is 3.83. The van der Waals surface area contributed by atoms with Gasteiger partial charge in [-0.1, -0.05) is 41.1 Å². The molecule has 0 saturated heterocycles. The molecule has 6 heteroatoms. The Hall–Kier alpha value is -1.95. The Labute approximate surface area is 156 Å². The number of nitrogens with zero attached hydrogens (tertiary/aromatic N) is 3. The summed E-state index contributed by atoms with van der Waals surface area (Å²) in [5, 5.41) is 1.39. The van der Waals surface area contributed by atoms with Crippen LogP contribution in [0.25, 0.3) is 10.2 Å². The van der Waals surface area contributed by atoms with Crippen LogP contribution in [0.15, 0.2) is 48.5 Å². The molecule has 3 rings (SSSR count). The lowest BCUT2D eigenvalue weighted by Crippen LogP contribution is -2.33. The van der Waals surface area contributed by atoms with Crippen LogP contribution < -0.4 is 4.90 Å². The number of carbonyl (C=O) groups excluding carboxylic acids is 1. The van der Waals surface area contributed by atoms with Crippen LogP contribution in [0.4, 0.5) is 5.13 Å². The third-order valence-corrected chi connectivity index (χ3v) is 5.10. The number of rotatable bonds is 6. The minimum absolute atomic E-state index is 0.0236. The van der Waals surface area contributed by atoms with E-state index in [-0.39, 0.29) is 5.91 Å². The number of carbonyl (C=O) groups is 1. The molecular weight excluding hydrogens is 354 g/mol. The van der Waals surface area contributed by atoms with Crippen molar-refractivity contribution >= 4 is 44.2 Å². The molecule has 0 aliphatic rings. The molecule has 1 aromatic heterocycles. The van der Waals surface area contributed by atoms with Gasteiger partial charge in [0.2, 0.25) is 0 Å². The summed E-state index contributed by atoms with van der Waals surface area (Å²) in [4.78, 5) is 21.6. The van der Waals surface area contributed by atoms with Gasteiger partial charge in [-0.25, -0.2) is 4.98 Å². The summed E-state index contributed by atoms with van der Waals surface area (Å²) in [6.07, 6.45) is 0.877. The first-order valence-electron chi connectivity index (χ1n) is 8.12. The van der Waals surface area contributed by atoms with Gasteiger partial charge in [0.25, 0.3) is 5.91 Å². The Bertz CT molecular complexity index is 863. The molecule has 0 atom stereocenters. The number of benzene rings is 2. The molecule has 4 nitrogen and oxygen atoms in total. The summed E-state index contributed by atoms with van der Waals surface area (Å²) in [6, 6.07) is 14.9. The molecule has 0 unspecified atom stereocenters. The number of thiazole rings is 1. The van der Waals surface area contributed by atoms with E-state index in [1.807, 2.05) is 62.6 Å². The van der Waals surface area contributed by atoms with Crippen molar-refractivity contribution < 1.29 is 4.79 Å². The highest BCUT2D eigenvalue weighted by Gasteiger charge is 2.21. The molecule has 0 spiro atoms. The zero-order chi connectivity index (χ0) is 17.8. The molecule has 130 valence electrons. The fourth-order valence-electron chi connectivity index (χ4n) is 2.57. The highest BCUT2D eigenvalue weighted by molar-refractivity contribution is 7.22. The molecule has 0 aliphatic heterocycles. The van der Waals surface area contributed by atoms with Crippen LogP contribution in [0.2, 0.25) is 5.02 Å². The molecule has 0 fully saturated rings. The molecule has 1 amide bonds. The summed E-state index contributed by atoms with van der Waals surface area (Å²) in [5.74, 6) is -0.0236. The smallest absolute Gasteiger partial charge is 0.260 e. The van der Waals surface area contributed by atoms with E-state index in [4.69, 9.17) is 11.6 Å². The third-order valence-electron chi connectivity index (χ3n) is 3.82. The molecule has 0 aliphatic carbocycles. The Balaban J connectivity index is 1.92. The van der Waals surface area contributed by atoms with Crippen LogP contribution in [-0.2, 0) is 0 Å². The SMILES string of the molecule is CN(C)CCCN(C(=O)c1ccccc1)c1nc2ccc(Cl)cc2s1. The molecule has 25 heavy (non-hydrogen) atoms. The number of hydrogen-bond acceptors (Lipinski definition) is 4. The van der Waals surface area contributed by atoms with Gasteiger partial charge in [-0.2, -0.15) is 0 Å². The normalized spacial score (nSPS) is 11.2. The lowest BCUT2D eigenvalue weighted by Gasteiger charge is -2.21. The van der Waals surface area contributed by atoms with Crippen molar-refractivity contribution in [3.8, 4) is 0 Å². The van der Waals surface area contributed by atoms with Gasteiger partial charge >= 0.3 is 0 Å². The van der Waals surface area contributed by atoms with E-state index in [9.17, 15) is 4.79 Å². The summed E-state index contributed by atoms with van der Waals surface area (Å²) in [5.41, 5.74) is 1.53. The van der Waals surface area contributed by atoms with Gasteiger partial charge in [-0.05, 0) is 57.4 Å². The fraction of sp³-hybridized carbons (Fsp3) is 0.263. The molecule has 3 aromatic rings. The maximum absolute atomic E-state index is 13.0. The monoisotopic (exact) mass is 373 g/mol. The molecule has 1 heterocycles. The van der Waals surface area contributed by atoms with Gasteiger partial charge in [0.05, 0.1) is 10.2 Å². The maximum atomic E-state index is 13.0. The van der Waals surface area contributed by atoms with Gasteiger partial charge < -0.3 is 4.90 Å². The summed E-state index contributed by atoms with van der Waals surface area (Å²) >= 11 is 7.57. The van der Waals surface area contributed by atoms with Crippen LogP contribution >= 0.6 is 22.9 Å². The number of aromatic nitrogens is 1. The predicted octanol–water partition coefficient (Wildman–Crippen LogP) is 4.55. The Kier molecular flexibility index (Phi) is 5.68. The highest BCUT2D eigenvalue weighted by atomic mass is 35.5. The van der Waals surface area contributed by atoms with E-state index >= 15 is 0 Å². The Morgan fingerprint density at radius 1 is 1.12 bits per heavy atom. The largest absolute Gasteiger partial charge is 0.309 e. The van der Waals surface area contributed by atoms with Crippen LogP contribution in [-0.4, -0.2) is 43.0 Å². The highest BCUT2D eigenvalue weighted by Crippen LogP contribution is 2.31.